The molecule has 0 saturated carbocycles. The number of nitrogens with one attached hydrogen (secondary N) is 1. The molecule has 102 valence electrons. The zero-order valence-corrected chi connectivity index (χ0v) is 11.7. The minimum absolute atomic E-state index is 0.00215. The van der Waals surface area contributed by atoms with Crippen LogP contribution in [0.2, 0.25) is 0 Å². The first-order valence-electron chi connectivity index (χ1n) is 5.77. The van der Waals surface area contributed by atoms with Gasteiger partial charge in [-0.15, -0.1) is 11.3 Å². The number of hydrogen-bond acceptors (Lipinski definition) is 6. The molecule has 2 rings (SSSR count). The van der Waals surface area contributed by atoms with Crippen LogP contribution in [0.25, 0.3) is 10.2 Å². The molecule has 7 heteroatoms. The van der Waals surface area contributed by atoms with Gasteiger partial charge in [-0.1, -0.05) is 0 Å². The topological polar surface area (TPSA) is 88.3 Å². The number of nitro benzene ring substituents is 1. The number of nitrogens with zero attached hydrogens (tertiary/aromatic N) is 2. The van der Waals surface area contributed by atoms with Gasteiger partial charge in [-0.05, 0) is 26.8 Å². The number of aliphatic hydroxyl groups excluding tert-OH is 1. The SMILES string of the molecule is Cc1nc2cc(NC(C)(C)CO)c([N+](=O)[O-])cc2s1. The van der Waals surface area contributed by atoms with E-state index in [9.17, 15) is 15.2 Å². The van der Waals surface area contributed by atoms with E-state index in [1.807, 2.05) is 6.92 Å². The molecule has 6 nitrogen and oxygen atoms in total. The van der Waals surface area contributed by atoms with E-state index in [0.717, 1.165) is 15.2 Å². The molecular weight excluding hydrogens is 266 g/mol. The molecule has 0 bridgehead atoms. The molecule has 0 saturated heterocycles. The number of thiazole rings is 1. The van der Waals surface area contributed by atoms with E-state index in [2.05, 4.69) is 10.3 Å². The van der Waals surface area contributed by atoms with Crippen molar-refractivity contribution < 1.29 is 10.0 Å². The number of hydrogen-bond donors (Lipinski definition) is 2. The van der Waals surface area contributed by atoms with Crippen LogP contribution in [0.3, 0.4) is 0 Å². The molecule has 1 aromatic carbocycles. The molecule has 0 aliphatic heterocycles. The first kappa shape index (κ1) is 13.7. The molecule has 0 atom stereocenters. The van der Waals surface area contributed by atoms with E-state index in [1.165, 1.54) is 17.4 Å². The third-order valence-corrected chi connectivity index (χ3v) is 3.61. The Morgan fingerprint density at radius 3 is 2.79 bits per heavy atom. The highest BCUT2D eigenvalue weighted by atomic mass is 32.1. The van der Waals surface area contributed by atoms with E-state index in [1.54, 1.807) is 19.9 Å². The third-order valence-electron chi connectivity index (χ3n) is 2.68. The van der Waals surface area contributed by atoms with Crippen molar-refractivity contribution in [2.75, 3.05) is 11.9 Å². The molecule has 0 amide bonds. The average Bonchev–Trinajstić information content (AvgIpc) is 2.66. The van der Waals surface area contributed by atoms with Crippen LogP contribution in [-0.2, 0) is 0 Å². The Hall–Kier alpha value is -1.73. The summed E-state index contributed by atoms with van der Waals surface area (Å²) in [6.07, 6.45) is 0. The number of anilines is 1. The van der Waals surface area contributed by atoms with Gasteiger partial charge >= 0.3 is 0 Å². The lowest BCUT2D eigenvalue weighted by Crippen LogP contribution is -2.35. The highest BCUT2D eigenvalue weighted by molar-refractivity contribution is 7.18. The zero-order chi connectivity index (χ0) is 14.2. The maximum Gasteiger partial charge on any atom is 0.293 e. The van der Waals surface area contributed by atoms with Crippen LogP contribution in [0.1, 0.15) is 18.9 Å². The molecule has 1 aromatic heterocycles. The van der Waals surface area contributed by atoms with E-state index in [0.29, 0.717) is 5.69 Å². The average molecular weight is 281 g/mol. The van der Waals surface area contributed by atoms with Crippen molar-refractivity contribution in [1.82, 2.24) is 4.98 Å². The van der Waals surface area contributed by atoms with Crippen molar-refractivity contribution in [2.45, 2.75) is 26.3 Å². The molecule has 0 fully saturated rings. The van der Waals surface area contributed by atoms with Crippen molar-refractivity contribution >= 4 is 32.9 Å². The second-order valence-electron chi connectivity index (χ2n) is 4.99. The molecular formula is C12H15N3O3S. The summed E-state index contributed by atoms with van der Waals surface area (Å²) in [5, 5.41) is 24.2. The van der Waals surface area contributed by atoms with Crippen LogP contribution in [0, 0.1) is 17.0 Å². The normalized spacial score (nSPS) is 11.8. The van der Waals surface area contributed by atoms with Crippen molar-refractivity contribution in [3.05, 3.63) is 27.3 Å². The Kier molecular flexibility index (Phi) is 3.42. The molecule has 0 spiro atoms. The lowest BCUT2D eigenvalue weighted by atomic mass is 10.1. The Balaban J connectivity index is 2.56. The molecule has 0 aliphatic carbocycles. The fourth-order valence-electron chi connectivity index (χ4n) is 1.73. The Bertz CT molecular complexity index is 636. The summed E-state index contributed by atoms with van der Waals surface area (Å²) in [5.41, 5.74) is 0.465. The third kappa shape index (κ3) is 2.82. The van der Waals surface area contributed by atoms with E-state index >= 15 is 0 Å². The van der Waals surface area contributed by atoms with Gasteiger partial charge in [-0.2, -0.15) is 0 Å². The standard InChI is InChI=1S/C12H15N3O3S/c1-7-13-9-4-8(14-12(2,3)6-16)10(15(17)18)5-11(9)19-7/h4-5,14,16H,6H2,1-3H3. The fourth-order valence-corrected chi connectivity index (χ4v) is 2.58. The molecule has 2 N–H and O–H groups in total. The predicted octanol–water partition coefficient (Wildman–Crippen LogP) is 2.70. The Morgan fingerprint density at radius 2 is 2.21 bits per heavy atom. The highest BCUT2D eigenvalue weighted by Gasteiger charge is 2.23. The number of fused-ring (bicyclic) bond motifs is 1. The number of rotatable bonds is 4. The molecule has 0 unspecified atom stereocenters. The largest absolute Gasteiger partial charge is 0.394 e. The molecule has 1 heterocycles. The molecule has 2 aromatic rings. The summed E-state index contributed by atoms with van der Waals surface area (Å²) in [6.45, 7) is 5.28. The van der Waals surface area contributed by atoms with Crippen LogP contribution >= 0.6 is 11.3 Å². The molecule has 19 heavy (non-hydrogen) atoms. The minimum atomic E-state index is -0.635. The number of aromatic nitrogens is 1. The van der Waals surface area contributed by atoms with Crippen LogP contribution in [-0.4, -0.2) is 27.2 Å². The lowest BCUT2D eigenvalue weighted by Gasteiger charge is -2.24. The Labute approximate surface area is 114 Å². The predicted molar refractivity (Wildman–Crippen MR) is 75.8 cm³/mol. The first-order valence-corrected chi connectivity index (χ1v) is 6.59. The van der Waals surface area contributed by atoms with E-state index in [4.69, 9.17) is 0 Å². The smallest absolute Gasteiger partial charge is 0.293 e. The van der Waals surface area contributed by atoms with Gasteiger partial charge < -0.3 is 10.4 Å². The van der Waals surface area contributed by atoms with Crippen molar-refractivity contribution in [1.29, 1.82) is 0 Å². The van der Waals surface area contributed by atoms with Crippen LogP contribution in [0.5, 0.6) is 0 Å². The lowest BCUT2D eigenvalue weighted by molar-refractivity contribution is -0.383. The number of nitro groups is 1. The van der Waals surface area contributed by atoms with Gasteiger partial charge in [0.25, 0.3) is 5.69 Å². The van der Waals surface area contributed by atoms with Crippen LogP contribution in [0.4, 0.5) is 11.4 Å². The fraction of sp³-hybridized carbons (Fsp3) is 0.417. The summed E-state index contributed by atoms with van der Waals surface area (Å²) < 4.78 is 0.788. The summed E-state index contributed by atoms with van der Waals surface area (Å²) >= 11 is 1.42. The monoisotopic (exact) mass is 281 g/mol. The maximum atomic E-state index is 11.1. The van der Waals surface area contributed by atoms with Crippen molar-refractivity contribution in [3.8, 4) is 0 Å². The van der Waals surface area contributed by atoms with Gasteiger partial charge in [-0.3, -0.25) is 10.1 Å². The number of benzene rings is 1. The minimum Gasteiger partial charge on any atom is -0.394 e. The van der Waals surface area contributed by atoms with Crippen LogP contribution < -0.4 is 5.32 Å². The van der Waals surface area contributed by atoms with Crippen molar-refractivity contribution in [3.63, 3.8) is 0 Å². The van der Waals surface area contributed by atoms with Crippen molar-refractivity contribution in [2.24, 2.45) is 0 Å². The quantitative estimate of drug-likeness (QED) is 0.664. The number of aryl methyl sites for hydroxylation is 1. The van der Waals surface area contributed by atoms with Gasteiger partial charge in [0.1, 0.15) is 5.69 Å². The highest BCUT2D eigenvalue weighted by Crippen LogP contribution is 2.34. The second-order valence-corrected chi connectivity index (χ2v) is 6.23. The van der Waals surface area contributed by atoms with Gasteiger partial charge in [-0.25, -0.2) is 4.98 Å². The summed E-state index contributed by atoms with van der Waals surface area (Å²) in [4.78, 5) is 15.0. The molecule has 0 aliphatic rings. The Morgan fingerprint density at radius 1 is 1.53 bits per heavy atom. The second kappa shape index (κ2) is 4.75. The van der Waals surface area contributed by atoms with Gasteiger partial charge in [0.2, 0.25) is 0 Å². The first-order chi connectivity index (χ1) is 8.82. The summed E-state index contributed by atoms with van der Waals surface area (Å²) in [7, 11) is 0. The maximum absolute atomic E-state index is 11.1. The van der Waals surface area contributed by atoms with E-state index in [-0.39, 0.29) is 12.3 Å². The molecule has 0 radical (unpaired) electrons. The van der Waals surface area contributed by atoms with Crippen LogP contribution in [0.15, 0.2) is 12.1 Å². The van der Waals surface area contributed by atoms with Gasteiger partial charge in [0.05, 0.1) is 32.3 Å². The van der Waals surface area contributed by atoms with Gasteiger partial charge in [0.15, 0.2) is 0 Å². The number of aliphatic hydroxyl groups is 1. The zero-order valence-electron chi connectivity index (χ0n) is 10.9. The van der Waals surface area contributed by atoms with Gasteiger partial charge in [0, 0.05) is 6.07 Å². The summed E-state index contributed by atoms with van der Waals surface area (Å²) in [5.74, 6) is 0. The summed E-state index contributed by atoms with van der Waals surface area (Å²) in [6, 6.07) is 3.18. The van der Waals surface area contributed by atoms with E-state index < -0.39 is 10.5 Å².